The third-order valence-electron chi connectivity index (χ3n) is 4.47. The van der Waals surface area contributed by atoms with E-state index in [0.717, 1.165) is 63.1 Å². The summed E-state index contributed by atoms with van der Waals surface area (Å²) < 4.78 is 10.8. The summed E-state index contributed by atoms with van der Waals surface area (Å²) in [6.07, 6.45) is 0. The van der Waals surface area contributed by atoms with Crippen LogP contribution in [0.25, 0.3) is 0 Å². The number of carbonyl (C=O) groups is 1. The predicted molar refractivity (Wildman–Crippen MR) is 108 cm³/mol. The molecular weight excluding hydrogens is 374 g/mol. The van der Waals surface area contributed by atoms with Gasteiger partial charge in [0, 0.05) is 43.5 Å². The van der Waals surface area contributed by atoms with Crippen LogP contribution in [-0.4, -0.2) is 81.5 Å². The SMILES string of the molecule is O=C(CSCCN1CCOCC1)Nc1cc(Cl)ccc1N1CCOCC1. The lowest BCUT2D eigenvalue weighted by Crippen LogP contribution is -2.37. The molecule has 0 unspecified atom stereocenters. The first-order valence-corrected chi connectivity index (χ1v) is 10.6. The molecule has 6 nitrogen and oxygen atoms in total. The second-order valence-corrected chi connectivity index (χ2v) is 7.86. The van der Waals surface area contributed by atoms with Gasteiger partial charge in [0.2, 0.25) is 5.91 Å². The van der Waals surface area contributed by atoms with Gasteiger partial charge in [-0.25, -0.2) is 0 Å². The van der Waals surface area contributed by atoms with Crippen LogP contribution in [0.5, 0.6) is 0 Å². The smallest absolute Gasteiger partial charge is 0.234 e. The molecule has 1 N–H and O–H groups in total. The number of thioether (sulfide) groups is 1. The Hall–Kier alpha value is -0.990. The zero-order chi connectivity index (χ0) is 18.2. The summed E-state index contributed by atoms with van der Waals surface area (Å²) in [5.41, 5.74) is 1.78. The molecule has 1 amide bonds. The molecule has 1 aromatic carbocycles. The van der Waals surface area contributed by atoms with E-state index in [1.54, 1.807) is 11.8 Å². The fourth-order valence-corrected chi connectivity index (χ4v) is 4.02. The number of hydrogen-bond acceptors (Lipinski definition) is 6. The number of morpholine rings is 2. The second kappa shape index (κ2) is 10.4. The van der Waals surface area contributed by atoms with Crippen molar-refractivity contribution in [2.45, 2.75) is 0 Å². The fourth-order valence-electron chi connectivity index (χ4n) is 3.06. The summed E-state index contributed by atoms with van der Waals surface area (Å²) in [6, 6.07) is 5.65. The summed E-state index contributed by atoms with van der Waals surface area (Å²) in [5, 5.41) is 3.65. The first-order chi connectivity index (χ1) is 12.7. The number of ether oxygens (including phenoxy) is 2. The van der Waals surface area contributed by atoms with Gasteiger partial charge in [-0.3, -0.25) is 9.69 Å². The molecule has 2 aliphatic rings. The number of hydrogen-bond donors (Lipinski definition) is 1. The third kappa shape index (κ3) is 6.03. The van der Waals surface area contributed by atoms with Gasteiger partial charge in [0.1, 0.15) is 0 Å². The minimum atomic E-state index is 0.00811. The van der Waals surface area contributed by atoms with Crippen molar-refractivity contribution < 1.29 is 14.3 Å². The van der Waals surface area contributed by atoms with Crippen LogP contribution in [0.4, 0.5) is 11.4 Å². The molecule has 0 radical (unpaired) electrons. The Morgan fingerprint density at radius 2 is 1.81 bits per heavy atom. The molecule has 1 aromatic rings. The number of benzene rings is 1. The highest BCUT2D eigenvalue weighted by molar-refractivity contribution is 7.99. The lowest BCUT2D eigenvalue weighted by Gasteiger charge is -2.30. The largest absolute Gasteiger partial charge is 0.379 e. The van der Waals surface area contributed by atoms with Crippen LogP contribution in [0.3, 0.4) is 0 Å². The van der Waals surface area contributed by atoms with Gasteiger partial charge in [0.25, 0.3) is 0 Å². The highest BCUT2D eigenvalue weighted by Gasteiger charge is 2.17. The van der Waals surface area contributed by atoms with Crippen LogP contribution >= 0.6 is 23.4 Å². The average molecular weight is 400 g/mol. The van der Waals surface area contributed by atoms with E-state index in [4.69, 9.17) is 21.1 Å². The zero-order valence-electron chi connectivity index (χ0n) is 14.9. The monoisotopic (exact) mass is 399 g/mol. The Balaban J connectivity index is 1.47. The van der Waals surface area contributed by atoms with E-state index in [-0.39, 0.29) is 5.91 Å². The van der Waals surface area contributed by atoms with Crippen molar-refractivity contribution in [3.63, 3.8) is 0 Å². The molecule has 0 aliphatic carbocycles. The van der Waals surface area contributed by atoms with Crippen molar-refractivity contribution in [2.24, 2.45) is 0 Å². The van der Waals surface area contributed by atoms with E-state index in [9.17, 15) is 4.79 Å². The molecule has 0 aromatic heterocycles. The van der Waals surface area contributed by atoms with Gasteiger partial charge < -0.3 is 19.7 Å². The molecule has 0 atom stereocenters. The van der Waals surface area contributed by atoms with Crippen LogP contribution in [0.1, 0.15) is 0 Å². The van der Waals surface area contributed by atoms with E-state index in [1.165, 1.54) is 0 Å². The Bertz CT molecular complexity index is 593. The van der Waals surface area contributed by atoms with Crippen LogP contribution in [0.2, 0.25) is 5.02 Å². The molecule has 2 aliphatic heterocycles. The van der Waals surface area contributed by atoms with E-state index in [1.807, 2.05) is 18.2 Å². The number of amides is 1. The molecule has 0 saturated carbocycles. The normalized spacial score (nSPS) is 18.7. The zero-order valence-corrected chi connectivity index (χ0v) is 16.5. The predicted octanol–water partition coefficient (Wildman–Crippen LogP) is 2.18. The lowest BCUT2D eigenvalue weighted by atomic mass is 10.2. The van der Waals surface area contributed by atoms with Crippen LogP contribution in [0.15, 0.2) is 18.2 Å². The summed E-state index contributed by atoms with van der Waals surface area (Å²) >= 11 is 7.80. The highest BCUT2D eigenvalue weighted by atomic mass is 35.5. The molecule has 2 saturated heterocycles. The summed E-state index contributed by atoms with van der Waals surface area (Å²) in [6.45, 7) is 7.63. The molecule has 2 heterocycles. The number of nitrogens with zero attached hydrogens (tertiary/aromatic N) is 2. The summed E-state index contributed by atoms with van der Waals surface area (Å²) in [4.78, 5) is 17.0. The maximum absolute atomic E-state index is 12.4. The molecular formula is C18H26ClN3O3S. The van der Waals surface area contributed by atoms with Crippen molar-refractivity contribution in [1.29, 1.82) is 0 Å². The number of rotatable bonds is 7. The molecule has 3 rings (SSSR count). The standard InChI is InChI=1S/C18H26ClN3O3S/c19-15-1-2-17(22-5-10-25-11-6-22)16(13-15)20-18(23)14-26-12-7-21-3-8-24-9-4-21/h1-2,13H,3-12,14H2,(H,20,23). The number of nitrogens with one attached hydrogen (secondary N) is 1. The van der Waals surface area contributed by atoms with Gasteiger partial charge in [-0.2, -0.15) is 11.8 Å². The van der Waals surface area contributed by atoms with E-state index in [2.05, 4.69) is 15.1 Å². The second-order valence-electron chi connectivity index (χ2n) is 6.32. The minimum Gasteiger partial charge on any atom is -0.379 e. The molecule has 2 fully saturated rings. The molecule has 144 valence electrons. The highest BCUT2D eigenvalue weighted by Crippen LogP contribution is 2.30. The molecule has 8 heteroatoms. The maximum atomic E-state index is 12.4. The molecule has 0 bridgehead atoms. The van der Waals surface area contributed by atoms with E-state index in [0.29, 0.717) is 24.0 Å². The maximum Gasteiger partial charge on any atom is 0.234 e. The average Bonchev–Trinajstić information content (AvgIpc) is 2.67. The molecule has 0 spiro atoms. The Kier molecular flexibility index (Phi) is 7.88. The quantitative estimate of drug-likeness (QED) is 0.709. The third-order valence-corrected chi connectivity index (χ3v) is 5.65. The van der Waals surface area contributed by atoms with Gasteiger partial charge >= 0.3 is 0 Å². The Morgan fingerprint density at radius 3 is 2.54 bits per heavy atom. The van der Waals surface area contributed by atoms with E-state index >= 15 is 0 Å². The van der Waals surface area contributed by atoms with Gasteiger partial charge in [-0.1, -0.05) is 11.6 Å². The van der Waals surface area contributed by atoms with Crippen molar-refractivity contribution in [3.8, 4) is 0 Å². The van der Waals surface area contributed by atoms with Crippen LogP contribution in [-0.2, 0) is 14.3 Å². The van der Waals surface area contributed by atoms with Gasteiger partial charge in [-0.05, 0) is 18.2 Å². The molecule has 26 heavy (non-hydrogen) atoms. The fraction of sp³-hybridized carbons (Fsp3) is 0.611. The van der Waals surface area contributed by atoms with E-state index < -0.39 is 0 Å². The first-order valence-electron chi connectivity index (χ1n) is 9.02. The van der Waals surface area contributed by atoms with Crippen molar-refractivity contribution >= 4 is 40.6 Å². The summed E-state index contributed by atoms with van der Waals surface area (Å²) in [7, 11) is 0. The topological polar surface area (TPSA) is 54.0 Å². The Morgan fingerprint density at radius 1 is 1.12 bits per heavy atom. The number of anilines is 2. The van der Waals surface area contributed by atoms with Crippen molar-refractivity contribution in [3.05, 3.63) is 23.2 Å². The van der Waals surface area contributed by atoms with Crippen LogP contribution < -0.4 is 10.2 Å². The van der Waals surface area contributed by atoms with Gasteiger partial charge in [0.15, 0.2) is 0 Å². The number of carbonyl (C=O) groups excluding carboxylic acids is 1. The number of halogens is 1. The first kappa shape index (κ1) is 19.8. The van der Waals surface area contributed by atoms with Crippen molar-refractivity contribution in [1.82, 2.24) is 4.90 Å². The lowest BCUT2D eigenvalue weighted by molar-refractivity contribution is -0.113. The van der Waals surface area contributed by atoms with Gasteiger partial charge in [0.05, 0.1) is 43.6 Å². The van der Waals surface area contributed by atoms with Crippen LogP contribution in [0, 0.1) is 0 Å². The van der Waals surface area contributed by atoms with Gasteiger partial charge in [-0.15, -0.1) is 0 Å². The van der Waals surface area contributed by atoms with Crippen molar-refractivity contribution in [2.75, 3.05) is 80.9 Å². The summed E-state index contributed by atoms with van der Waals surface area (Å²) in [5.74, 6) is 1.40. The minimum absolute atomic E-state index is 0.00811. The Labute approximate surface area is 164 Å².